The highest BCUT2D eigenvalue weighted by atomic mass is 32.2. The van der Waals surface area contributed by atoms with Crippen molar-refractivity contribution in [3.63, 3.8) is 0 Å². The molecule has 0 amide bonds. The van der Waals surface area contributed by atoms with Gasteiger partial charge in [-0.1, -0.05) is 0 Å². The van der Waals surface area contributed by atoms with Gasteiger partial charge in [0.2, 0.25) is 0 Å². The van der Waals surface area contributed by atoms with Crippen LogP contribution in [0, 0.1) is 0 Å². The molecule has 0 aliphatic carbocycles. The number of halogens is 6. The lowest BCUT2D eigenvalue weighted by Gasteiger charge is -2.14. The first-order chi connectivity index (χ1) is 9.55. The van der Waals surface area contributed by atoms with Gasteiger partial charge in [0.05, 0.1) is 11.1 Å². The molecule has 1 rings (SSSR count). The van der Waals surface area contributed by atoms with Crippen molar-refractivity contribution in [1.29, 1.82) is 0 Å². The summed E-state index contributed by atoms with van der Waals surface area (Å²) in [5, 5.41) is 1.28. The Morgan fingerprint density at radius 2 is 1.48 bits per heavy atom. The topological polar surface area (TPSA) is 52.0 Å². The average molecular weight is 330 g/mol. The molecule has 118 valence electrons. The minimum Gasteiger partial charge on any atom is -0.398 e. The summed E-state index contributed by atoms with van der Waals surface area (Å²) in [6.07, 6.45) is -9.78. The summed E-state index contributed by atoms with van der Waals surface area (Å²) in [5.74, 6) is 0.450. The number of rotatable bonds is 4. The zero-order chi connectivity index (χ0) is 16.3. The van der Waals surface area contributed by atoms with Crippen LogP contribution in [0.2, 0.25) is 0 Å². The summed E-state index contributed by atoms with van der Waals surface area (Å²) in [7, 11) is 0. The Hall–Kier alpha value is -1.35. The van der Waals surface area contributed by atoms with Crippen LogP contribution in [0.15, 0.2) is 23.6 Å². The molecule has 0 heterocycles. The van der Waals surface area contributed by atoms with Crippen LogP contribution in [0.4, 0.5) is 26.3 Å². The minimum atomic E-state index is -4.89. The first-order valence-corrected chi connectivity index (χ1v) is 6.67. The molecule has 0 aliphatic heterocycles. The fourth-order valence-corrected chi connectivity index (χ4v) is 1.98. The largest absolute Gasteiger partial charge is 0.416 e. The summed E-state index contributed by atoms with van der Waals surface area (Å²) in [6, 6.07) is 1.23. The maximum atomic E-state index is 12.7. The lowest BCUT2D eigenvalue weighted by atomic mass is 10.0. The van der Waals surface area contributed by atoms with Crippen molar-refractivity contribution in [2.24, 2.45) is 11.5 Å². The van der Waals surface area contributed by atoms with E-state index in [1.54, 1.807) is 0 Å². The average Bonchev–Trinajstić information content (AvgIpc) is 2.36. The van der Waals surface area contributed by atoms with Gasteiger partial charge in [-0.15, -0.1) is 11.8 Å². The quantitative estimate of drug-likeness (QED) is 0.654. The van der Waals surface area contributed by atoms with Gasteiger partial charge in [0, 0.05) is 18.0 Å². The monoisotopic (exact) mass is 330 g/mol. The third-order valence-corrected chi connectivity index (χ3v) is 3.26. The summed E-state index contributed by atoms with van der Waals surface area (Å²) < 4.78 is 75.9. The molecule has 9 heteroatoms. The molecule has 1 aromatic rings. The van der Waals surface area contributed by atoms with Gasteiger partial charge in [-0.3, -0.25) is 0 Å². The third-order valence-electron chi connectivity index (χ3n) is 2.37. The fourth-order valence-electron chi connectivity index (χ4n) is 1.41. The lowest BCUT2D eigenvalue weighted by molar-refractivity contribution is -0.143. The van der Waals surface area contributed by atoms with Crippen molar-refractivity contribution < 1.29 is 26.3 Å². The molecule has 0 atom stereocenters. The number of alkyl halides is 6. The second-order valence-corrected chi connectivity index (χ2v) is 5.00. The van der Waals surface area contributed by atoms with E-state index in [-0.39, 0.29) is 17.3 Å². The predicted octanol–water partition coefficient (Wildman–Crippen LogP) is 3.67. The molecule has 21 heavy (non-hydrogen) atoms. The highest BCUT2D eigenvalue weighted by Crippen LogP contribution is 2.37. The normalized spacial score (nSPS) is 13.6. The van der Waals surface area contributed by atoms with Gasteiger partial charge in [-0.05, 0) is 29.2 Å². The fraction of sp³-hybridized carbons (Fsp3) is 0.333. The summed E-state index contributed by atoms with van der Waals surface area (Å²) in [5.41, 5.74) is 7.45. The van der Waals surface area contributed by atoms with Crippen LogP contribution in [-0.4, -0.2) is 12.3 Å². The first kappa shape index (κ1) is 17.7. The first-order valence-electron chi connectivity index (χ1n) is 5.63. The van der Waals surface area contributed by atoms with Crippen molar-refractivity contribution in [1.82, 2.24) is 0 Å². The molecule has 1 aromatic carbocycles. The smallest absolute Gasteiger partial charge is 0.398 e. The summed E-state index contributed by atoms with van der Waals surface area (Å²) >= 11 is 1.11. The standard InChI is InChI=1S/C12H12F6N2S/c13-11(14,15)8-3-7(10(20)6-21-2-1-19)4-9(5-8)12(16,17)18/h3-6H,1-2,19-20H2/b10-6-. The van der Waals surface area contributed by atoms with E-state index in [1.807, 2.05) is 0 Å². The molecule has 0 bridgehead atoms. The predicted molar refractivity (Wildman–Crippen MR) is 70.1 cm³/mol. The van der Waals surface area contributed by atoms with E-state index in [9.17, 15) is 26.3 Å². The van der Waals surface area contributed by atoms with Crippen LogP contribution < -0.4 is 11.5 Å². The molecule has 0 aromatic heterocycles. The molecule has 4 N–H and O–H groups in total. The highest BCUT2D eigenvalue weighted by molar-refractivity contribution is 8.02. The van der Waals surface area contributed by atoms with E-state index >= 15 is 0 Å². The number of hydrogen-bond acceptors (Lipinski definition) is 3. The summed E-state index contributed by atoms with van der Waals surface area (Å²) in [4.78, 5) is 0. The van der Waals surface area contributed by atoms with E-state index in [0.29, 0.717) is 24.4 Å². The Labute approximate surface area is 121 Å². The van der Waals surface area contributed by atoms with Gasteiger partial charge in [0.1, 0.15) is 0 Å². The van der Waals surface area contributed by atoms with Crippen LogP contribution in [0.3, 0.4) is 0 Å². The maximum absolute atomic E-state index is 12.7. The van der Waals surface area contributed by atoms with Gasteiger partial charge in [-0.2, -0.15) is 26.3 Å². The van der Waals surface area contributed by atoms with E-state index < -0.39 is 23.5 Å². The second kappa shape index (κ2) is 6.61. The Bertz CT molecular complexity index is 489. The Balaban J connectivity index is 3.29. The zero-order valence-corrected chi connectivity index (χ0v) is 11.4. The Morgan fingerprint density at radius 1 is 1.00 bits per heavy atom. The second-order valence-electron chi connectivity index (χ2n) is 4.03. The molecule has 0 saturated heterocycles. The lowest BCUT2D eigenvalue weighted by Crippen LogP contribution is -2.12. The van der Waals surface area contributed by atoms with Crippen LogP contribution in [0.5, 0.6) is 0 Å². The van der Waals surface area contributed by atoms with E-state index in [4.69, 9.17) is 11.5 Å². The molecular formula is C12H12F6N2S. The van der Waals surface area contributed by atoms with Crippen LogP contribution >= 0.6 is 11.8 Å². The molecule has 0 saturated carbocycles. The van der Waals surface area contributed by atoms with Crippen molar-refractivity contribution >= 4 is 17.5 Å². The Kier molecular flexibility index (Phi) is 5.57. The van der Waals surface area contributed by atoms with Gasteiger partial charge in [0.25, 0.3) is 0 Å². The molecule has 0 aliphatic rings. The van der Waals surface area contributed by atoms with Crippen molar-refractivity contribution in [3.05, 3.63) is 40.3 Å². The van der Waals surface area contributed by atoms with Crippen LogP contribution in [0.25, 0.3) is 5.70 Å². The molecule has 0 fully saturated rings. The minimum absolute atomic E-state index is 0.0593. The van der Waals surface area contributed by atoms with Gasteiger partial charge in [-0.25, -0.2) is 0 Å². The van der Waals surface area contributed by atoms with E-state index in [0.717, 1.165) is 11.8 Å². The van der Waals surface area contributed by atoms with Gasteiger partial charge < -0.3 is 11.5 Å². The van der Waals surface area contributed by atoms with Crippen molar-refractivity contribution in [3.8, 4) is 0 Å². The van der Waals surface area contributed by atoms with Gasteiger partial charge in [0.15, 0.2) is 0 Å². The number of hydrogen-bond donors (Lipinski definition) is 2. The number of nitrogens with two attached hydrogens (primary N) is 2. The summed E-state index contributed by atoms with van der Waals surface area (Å²) in [6.45, 7) is 0.310. The SMILES string of the molecule is NCCS/C=C(\N)c1cc(C(F)(F)F)cc(C(F)(F)F)c1. The zero-order valence-electron chi connectivity index (χ0n) is 10.6. The molecule has 0 unspecified atom stereocenters. The van der Waals surface area contributed by atoms with E-state index in [2.05, 4.69) is 0 Å². The molecule has 0 spiro atoms. The third kappa shape index (κ3) is 5.16. The van der Waals surface area contributed by atoms with Crippen LogP contribution in [-0.2, 0) is 12.4 Å². The molecule has 2 nitrogen and oxygen atoms in total. The maximum Gasteiger partial charge on any atom is 0.416 e. The van der Waals surface area contributed by atoms with Gasteiger partial charge >= 0.3 is 12.4 Å². The number of thioether (sulfide) groups is 1. The number of benzene rings is 1. The van der Waals surface area contributed by atoms with Crippen molar-refractivity contribution in [2.45, 2.75) is 12.4 Å². The highest BCUT2D eigenvalue weighted by Gasteiger charge is 2.37. The van der Waals surface area contributed by atoms with Crippen molar-refractivity contribution in [2.75, 3.05) is 12.3 Å². The molecule has 0 radical (unpaired) electrons. The van der Waals surface area contributed by atoms with E-state index in [1.165, 1.54) is 5.41 Å². The molecular weight excluding hydrogens is 318 g/mol. The Morgan fingerprint density at radius 3 is 1.86 bits per heavy atom. The van der Waals surface area contributed by atoms with Crippen LogP contribution in [0.1, 0.15) is 16.7 Å².